The molecule has 2 aliphatic rings. The Balaban J connectivity index is 1.99. The monoisotopic (exact) mass is 253 g/mol. The van der Waals surface area contributed by atoms with Crippen LogP contribution in [0.3, 0.4) is 0 Å². The molecule has 2 rings (SSSR count). The zero-order chi connectivity index (χ0) is 13.2. The Morgan fingerprint density at radius 3 is 2.61 bits per heavy atom. The highest BCUT2D eigenvalue weighted by atomic mass is 16.2. The lowest BCUT2D eigenvalue weighted by Crippen LogP contribution is -2.50. The van der Waals surface area contributed by atoms with Crippen molar-refractivity contribution >= 4 is 5.91 Å². The number of carbonyl (C=O) groups excluding carboxylic acids is 1. The molecule has 0 aromatic heterocycles. The Labute approximate surface area is 111 Å². The fourth-order valence-electron chi connectivity index (χ4n) is 3.30. The van der Waals surface area contributed by atoms with Crippen LogP contribution in [0.4, 0.5) is 0 Å². The van der Waals surface area contributed by atoms with E-state index in [-0.39, 0.29) is 5.41 Å². The lowest BCUT2D eigenvalue weighted by molar-refractivity contribution is -0.143. The summed E-state index contributed by atoms with van der Waals surface area (Å²) in [6.45, 7) is 6.22. The summed E-state index contributed by atoms with van der Waals surface area (Å²) in [5.74, 6) is 0.365. The van der Waals surface area contributed by atoms with E-state index in [1.807, 2.05) is 11.9 Å². The first kappa shape index (κ1) is 13.8. The van der Waals surface area contributed by atoms with Crippen LogP contribution in [0.25, 0.3) is 0 Å². The van der Waals surface area contributed by atoms with Gasteiger partial charge >= 0.3 is 0 Å². The molecule has 1 unspecified atom stereocenters. The second-order valence-corrected chi connectivity index (χ2v) is 6.01. The molecule has 0 aromatic rings. The van der Waals surface area contributed by atoms with Gasteiger partial charge in [-0.15, -0.1) is 0 Å². The summed E-state index contributed by atoms with van der Waals surface area (Å²) in [5, 5.41) is 3.35. The predicted molar refractivity (Wildman–Crippen MR) is 73.5 cm³/mol. The summed E-state index contributed by atoms with van der Waals surface area (Å²) in [6, 6.07) is 0.442. The van der Waals surface area contributed by atoms with Crippen molar-refractivity contribution in [3.63, 3.8) is 0 Å². The van der Waals surface area contributed by atoms with E-state index in [4.69, 9.17) is 0 Å². The summed E-state index contributed by atoms with van der Waals surface area (Å²) in [6.07, 6.45) is 4.19. The van der Waals surface area contributed by atoms with Crippen LogP contribution in [0.15, 0.2) is 0 Å². The van der Waals surface area contributed by atoms with Gasteiger partial charge in [-0.25, -0.2) is 0 Å². The normalized spacial score (nSPS) is 30.6. The Morgan fingerprint density at radius 2 is 2.11 bits per heavy atom. The van der Waals surface area contributed by atoms with E-state index in [0.29, 0.717) is 11.9 Å². The third kappa shape index (κ3) is 2.54. The maximum absolute atomic E-state index is 12.8. The molecule has 18 heavy (non-hydrogen) atoms. The van der Waals surface area contributed by atoms with Crippen molar-refractivity contribution in [2.45, 2.75) is 38.6 Å². The maximum atomic E-state index is 12.8. The number of hydrogen-bond donors (Lipinski definition) is 1. The van der Waals surface area contributed by atoms with Crippen molar-refractivity contribution in [3.8, 4) is 0 Å². The van der Waals surface area contributed by atoms with E-state index in [9.17, 15) is 4.79 Å². The van der Waals surface area contributed by atoms with Crippen LogP contribution >= 0.6 is 0 Å². The zero-order valence-electron chi connectivity index (χ0n) is 12.0. The van der Waals surface area contributed by atoms with Gasteiger partial charge in [-0.05, 0) is 52.4 Å². The number of piperidine rings is 1. The minimum absolute atomic E-state index is 0.127. The second-order valence-electron chi connectivity index (χ2n) is 6.01. The van der Waals surface area contributed by atoms with E-state index in [0.717, 1.165) is 51.9 Å². The molecule has 2 heterocycles. The van der Waals surface area contributed by atoms with Gasteiger partial charge in [0.2, 0.25) is 5.91 Å². The molecule has 0 spiro atoms. The van der Waals surface area contributed by atoms with Gasteiger partial charge in [-0.2, -0.15) is 0 Å². The van der Waals surface area contributed by atoms with Crippen LogP contribution in [-0.4, -0.2) is 62.0 Å². The topological polar surface area (TPSA) is 35.6 Å². The number of nitrogens with zero attached hydrogens (tertiary/aromatic N) is 2. The highest BCUT2D eigenvalue weighted by molar-refractivity contribution is 5.83. The van der Waals surface area contributed by atoms with Gasteiger partial charge in [0.15, 0.2) is 0 Å². The average molecular weight is 253 g/mol. The summed E-state index contributed by atoms with van der Waals surface area (Å²) >= 11 is 0. The third-order valence-corrected chi connectivity index (χ3v) is 4.93. The Bertz CT molecular complexity index is 291. The van der Waals surface area contributed by atoms with Crippen molar-refractivity contribution in [3.05, 3.63) is 0 Å². The van der Waals surface area contributed by atoms with E-state index in [1.165, 1.54) is 0 Å². The first-order chi connectivity index (χ1) is 8.59. The van der Waals surface area contributed by atoms with Crippen LogP contribution in [0, 0.1) is 5.41 Å². The van der Waals surface area contributed by atoms with Gasteiger partial charge in [-0.3, -0.25) is 4.79 Å². The zero-order valence-corrected chi connectivity index (χ0v) is 12.0. The van der Waals surface area contributed by atoms with E-state index < -0.39 is 0 Å². The van der Waals surface area contributed by atoms with Gasteiger partial charge < -0.3 is 15.1 Å². The lowest BCUT2D eigenvalue weighted by atomic mass is 9.82. The first-order valence-corrected chi connectivity index (χ1v) is 7.25. The number of amides is 1. The average Bonchev–Trinajstić information content (AvgIpc) is 2.88. The molecule has 0 radical (unpaired) electrons. The van der Waals surface area contributed by atoms with E-state index >= 15 is 0 Å². The molecule has 1 atom stereocenters. The highest BCUT2D eigenvalue weighted by Gasteiger charge is 2.42. The molecule has 2 saturated heterocycles. The molecule has 0 saturated carbocycles. The number of hydrogen-bond acceptors (Lipinski definition) is 3. The van der Waals surface area contributed by atoms with Crippen LogP contribution in [-0.2, 0) is 4.79 Å². The smallest absolute Gasteiger partial charge is 0.230 e. The molecule has 0 aromatic carbocycles. The van der Waals surface area contributed by atoms with Crippen LogP contribution in [0.2, 0.25) is 0 Å². The third-order valence-electron chi connectivity index (χ3n) is 4.93. The minimum Gasteiger partial charge on any atom is -0.342 e. The standard InChI is InChI=1S/C14H27N3O/c1-4-14(7-8-15-11-14)13(18)17(3)12-5-9-16(2)10-6-12/h12,15H,4-11H2,1-3H3. The van der Waals surface area contributed by atoms with Crippen molar-refractivity contribution in [2.75, 3.05) is 40.3 Å². The summed E-state index contributed by atoms with van der Waals surface area (Å²) in [5.41, 5.74) is -0.127. The van der Waals surface area contributed by atoms with Crippen molar-refractivity contribution in [1.82, 2.24) is 15.1 Å². The molecular formula is C14H27N3O. The highest BCUT2D eigenvalue weighted by Crippen LogP contribution is 2.32. The molecule has 4 nitrogen and oxygen atoms in total. The number of rotatable bonds is 3. The molecule has 0 bridgehead atoms. The molecule has 2 fully saturated rings. The summed E-state index contributed by atoms with van der Waals surface area (Å²) in [4.78, 5) is 17.1. The van der Waals surface area contributed by atoms with Crippen molar-refractivity contribution in [1.29, 1.82) is 0 Å². The molecule has 1 N–H and O–H groups in total. The second kappa shape index (κ2) is 5.57. The Kier molecular flexibility index (Phi) is 4.28. The van der Waals surface area contributed by atoms with Gasteiger partial charge in [0.05, 0.1) is 5.41 Å². The fourth-order valence-corrected chi connectivity index (χ4v) is 3.30. The van der Waals surface area contributed by atoms with Crippen LogP contribution in [0.5, 0.6) is 0 Å². The number of carbonyl (C=O) groups is 1. The quantitative estimate of drug-likeness (QED) is 0.813. The van der Waals surface area contributed by atoms with Crippen LogP contribution < -0.4 is 5.32 Å². The number of likely N-dealkylation sites (tertiary alicyclic amines) is 1. The predicted octanol–water partition coefficient (Wildman–Crippen LogP) is 0.929. The molecule has 4 heteroatoms. The molecule has 0 aliphatic carbocycles. The van der Waals surface area contributed by atoms with E-state index in [2.05, 4.69) is 24.2 Å². The summed E-state index contributed by atoms with van der Waals surface area (Å²) in [7, 11) is 4.17. The SMILES string of the molecule is CCC1(C(=O)N(C)C2CCN(C)CC2)CCNC1. The van der Waals surface area contributed by atoms with Gasteiger partial charge in [-0.1, -0.05) is 6.92 Å². The molecular weight excluding hydrogens is 226 g/mol. The van der Waals surface area contributed by atoms with Gasteiger partial charge in [0.25, 0.3) is 0 Å². The largest absolute Gasteiger partial charge is 0.342 e. The van der Waals surface area contributed by atoms with Gasteiger partial charge in [0, 0.05) is 19.6 Å². The minimum atomic E-state index is -0.127. The lowest BCUT2D eigenvalue weighted by Gasteiger charge is -2.39. The van der Waals surface area contributed by atoms with E-state index in [1.54, 1.807) is 0 Å². The Hall–Kier alpha value is -0.610. The molecule has 2 aliphatic heterocycles. The molecule has 1 amide bonds. The Morgan fingerprint density at radius 1 is 1.44 bits per heavy atom. The van der Waals surface area contributed by atoms with Gasteiger partial charge in [0.1, 0.15) is 0 Å². The number of nitrogens with one attached hydrogen (secondary N) is 1. The fraction of sp³-hybridized carbons (Fsp3) is 0.929. The van der Waals surface area contributed by atoms with Crippen molar-refractivity contribution < 1.29 is 4.79 Å². The first-order valence-electron chi connectivity index (χ1n) is 7.25. The molecule has 104 valence electrons. The van der Waals surface area contributed by atoms with Crippen molar-refractivity contribution in [2.24, 2.45) is 5.41 Å². The summed E-state index contributed by atoms with van der Waals surface area (Å²) < 4.78 is 0. The van der Waals surface area contributed by atoms with Crippen LogP contribution in [0.1, 0.15) is 32.6 Å². The maximum Gasteiger partial charge on any atom is 0.230 e.